The van der Waals surface area contributed by atoms with Crippen LogP contribution in [-0.2, 0) is 17.8 Å². The van der Waals surface area contributed by atoms with Crippen LogP contribution in [0.1, 0.15) is 49.1 Å². The SMILES string of the molecule is O=C(CC1(Cn2cnnn2)CCCCC1)Nc1nnc(Cc2ccccc2)s1. The molecular formula is C19H23N7OS. The van der Waals surface area contributed by atoms with E-state index in [-0.39, 0.29) is 11.3 Å². The average molecular weight is 398 g/mol. The number of hydrogen-bond donors (Lipinski definition) is 1. The van der Waals surface area contributed by atoms with Crippen LogP contribution in [0.2, 0.25) is 0 Å². The molecule has 1 aromatic carbocycles. The van der Waals surface area contributed by atoms with E-state index in [2.05, 4.69) is 43.2 Å². The Morgan fingerprint density at radius 2 is 1.96 bits per heavy atom. The van der Waals surface area contributed by atoms with Crippen LogP contribution in [0.25, 0.3) is 0 Å². The summed E-state index contributed by atoms with van der Waals surface area (Å²) in [6, 6.07) is 10.1. The molecule has 0 atom stereocenters. The first-order valence-corrected chi connectivity index (χ1v) is 10.4. The zero-order valence-electron chi connectivity index (χ0n) is 15.6. The van der Waals surface area contributed by atoms with E-state index in [1.54, 1.807) is 11.0 Å². The normalized spacial score (nSPS) is 16.0. The summed E-state index contributed by atoms with van der Waals surface area (Å²) < 4.78 is 1.74. The van der Waals surface area contributed by atoms with Gasteiger partial charge in [-0.2, -0.15) is 0 Å². The van der Waals surface area contributed by atoms with E-state index >= 15 is 0 Å². The molecule has 1 aliphatic carbocycles. The number of amides is 1. The summed E-state index contributed by atoms with van der Waals surface area (Å²) in [7, 11) is 0. The summed E-state index contributed by atoms with van der Waals surface area (Å²) in [6.45, 7) is 0.669. The highest BCUT2D eigenvalue weighted by Gasteiger charge is 2.35. The van der Waals surface area contributed by atoms with Gasteiger partial charge >= 0.3 is 0 Å². The molecule has 1 amide bonds. The predicted octanol–water partition coefficient (Wildman–Crippen LogP) is 3.09. The van der Waals surface area contributed by atoms with Gasteiger partial charge in [0.25, 0.3) is 0 Å². The monoisotopic (exact) mass is 397 g/mol. The largest absolute Gasteiger partial charge is 0.301 e. The summed E-state index contributed by atoms with van der Waals surface area (Å²) in [4.78, 5) is 12.7. The first-order valence-electron chi connectivity index (χ1n) is 9.58. The van der Waals surface area contributed by atoms with Crippen LogP contribution in [0, 0.1) is 5.41 Å². The van der Waals surface area contributed by atoms with Crippen LogP contribution in [0.15, 0.2) is 36.7 Å². The number of carbonyl (C=O) groups is 1. The van der Waals surface area contributed by atoms with E-state index in [0.29, 0.717) is 18.1 Å². The van der Waals surface area contributed by atoms with Gasteiger partial charge in [-0.05, 0) is 34.2 Å². The molecule has 8 nitrogen and oxygen atoms in total. The molecule has 0 aliphatic heterocycles. The van der Waals surface area contributed by atoms with E-state index in [1.807, 2.05) is 18.2 Å². The van der Waals surface area contributed by atoms with Gasteiger partial charge in [0.15, 0.2) is 0 Å². The summed E-state index contributed by atoms with van der Waals surface area (Å²) in [5.41, 5.74) is 1.08. The lowest BCUT2D eigenvalue weighted by molar-refractivity contribution is -0.119. The predicted molar refractivity (Wildman–Crippen MR) is 106 cm³/mol. The van der Waals surface area contributed by atoms with E-state index in [1.165, 1.54) is 23.3 Å². The van der Waals surface area contributed by atoms with Crippen LogP contribution in [0.3, 0.4) is 0 Å². The smallest absolute Gasteiger partial charge is 0.226 e. The molecule has 2 heterocycles. The minimum Gasteiger partial charge on any atom is -0.301 e. The average Bonchev–Trinajstić information content (AvgIpc) is 3.35. The van der Waals surface area contributed by atoms with Gasteiger partial charge in [0.2, 0.25) is 11.0 Å². The molecule has 1 aliphatic rings. The summed E-state index contributed by atoms with van der Waals surface area (Å²) in [5.74, 6) is -0.0163. The molecule has 9 heteroatoms. The molecule has 0 unspecified atom stereocenters. The van der Waals surface area contributed by atoms with E-state index in [0.717, 1.165) is 37.1 Å². The van der Waals surface area contributed by atoms with E-state index in [4.69, 9.17) is 0 Å². The van der Waals surface area contributed by atoms with Crippen molar-refractivity contribution in [3.8, 4) is 0 Å². The van der Waals surface area contributed by atoms with Gasteiger partial charge < -0.3 is 5.32 Å². The molecule has 2 aromatic heterocycles. The lowest BCUT2D eigenvalue weighted by atomic mass is 9.71. The fourth-order valence-electron chi connectivity index (χ4n) is 3.94. The lowest BCUT2D eigenvalue weighted by Gasteiger charge is -2.36. The molecule has 1 saturated carbocycles. The van der Waals surface area contributed by atoms with E-state index < -0.39 is 0 Å². The van der Waals surface area contributed by atoms with Crippen LogP contribution < -0.4 is 5.32 Å². The third-order valence-electron chi connectivity index (χ3n) is 5.25. The summed E-state index contributed by atoms with van der Waals surface area (Å²) in [5, 5.41) is 24.2. The van der Waals surface area contributed by atoms with Crippen LogP contribution >= 0.6 is 11.3 Å². The van der Waals surface area contributed by atoms with Gasteiger partial charge in [0.1, 0.15) is 11.3 Å². The third kappa shape index (κ3) is 4.78. The number of tetrazole rings is 1. The molecule has 1 fully saturated rings. The second-order valence-corrected chi connectivity index (χ2v) is 8.52. The van der Waals surface area contributed by atoms with Crippen molar-refractivity contribution in [1.29, 1.82) is 0 Å². The van der Waals surface area contributed by atoms with Crippen molar-refractivity contribution in [2.45, 2.75) is 51.5 Å². The third-order valence-corrected chi connectivity index (χ3v) is 6.09. The maximum Gasteiger partial charge on any atom is 0.226 e. The van der Waals surface area contributed by atoms with Crippen molar-refractivity contribution >= 4 is 22.4 Å². The Balaban J connectivity index is 1.38. The molecular weight excluding hydrogens is 374 g/mol. The van der Waals surface area contributed by atoms with Crippen molar-refractivity contribution in [3.05, 3.63) is 47.2 Å². The van der Waals surface area contributed by atoms with Crippen molar-refractivity contribution < 1.29 is 4.79 Å². The van der Waals surface area contributed by atoms with Gasteiger partial charge in [-0.25, -0.2) is 4.68 Å². The highest BCUT2D eigenvalue weighted by Crippen LogP contribution is 2.41. The Kier molecular flexibility index (Phi) is 5.70. The van der Waals surface area contributed by atoms with Crippen LogP contribution in [0.5, 0.6) is 0 Å². The summed E-state index contributed by atoms with van der Waals surface area (Å²) in [6.07, 6.45) is 8.29. The Bertz CT molecular complexity index is 888. The molecule has 1 N–H and O–H groups in total. The molecule has 0 radical (unpaired) electrons. The van der Waals surface area contributed by atoms with Crippen molar-refractivity contribution in [2.24, 2.45) is 5.41 Å². The van der Waals surface area contributed by atoms with Gasteiger partial charge in [-0.3, -0.25) is 4.79 Å². The summed E-state index contributed by atoms with van der Waals surface area (Å²) >= 11 is 1.43. The molecule has 28 heavy (non-hydrogen) atoms. The lowest BCUT2D eigenvalue weighted by Crippen LogP contribution is -2.34. The molecule has 146 valence electrons. The fraction of sp³-hybridized carbons (Fsp3) is 0.474. The number of rotatable bonds is 7. The number of anilines is 1. The highest BCUT2D eigenvalue weighted by atomic mass is 32.1. The number of carbonyl (C=O) groups excluding carboxylic acids is 1. The van der Waals surface area contributed by atoms with Gasteiger partial charge in [-0.15, -0.1) is 15.3 Å². The number of nitrogens with zero attached hydrogens (tertiary/aromatic N) is 6. The quantitative estimate of drug-likeness (QED) is 0.658. The number of benzene rings is 1. The number of nitrogens with one attached hydrogen (secondary N) is 1. The second-order valence-electron chi connectivity index (χ2n) is 7.46. The molecule has 4 rings (SSSR count). The maximum absolute atomic E-state index is 12.7. The Hall–Kier alpha value is -2.68. The van der Waals surface area contributed by atoms with Crippen molar-refractivity contribution in [3.63, 3.8) is 0 Å². The molecule has 3 aromatic rings. The molecule has 0 bridgehead atoms. The Morgan fingerprint density at radius 1 is 1.14 bits per heavy atom. The fourth-order valence-corrected chi connectivity index (χ4v) is 4.73. The van der Waals surface area contributed by atoms with Crippen molar-refractivity contribution in [1.82, 2.24) is 30.4 Å². The van der Waals surface area contributed by atoms with Gasteiger partial charge in [0.05, 0.1) is 6.54 Å². The minimum absolute atomic E-state index is 0.0163. The van der Waals surface area contributed by atoms with Crippen LogP contribution in [-0.4, -0.2) is 36.3 Å². The standard InChI is InChI=1S/C19H23N7OS/c27-16(12-19(9-5-2-6-10-19)13-26-14-20-24-25-26)21-18-23-22-17(28-18)11-15-7-3-1-4-8-15/h1,3-4,7-8,14H,2,5-6,9-13H2,(H,21,23,27). The molecule has 0 saturated heterocycles. The zero-order chi connectivity index (χ0) is 19.2. The minimum atomic E-state index is -0.102. The van der Waals surface area contributed by atoms with Crippen molar-refractivity contribution in [2.75, 3.05) is 5.32 Å². The first-order chi connectivity index (χ1) is 13.7. The first kappa shape index (κ1) is 18.7. The second kappa shape index (κ2) is 8.55. The zero-order valence-corrected chi connectivity index (χ0v) is 16.4. The molecule has 0 spiro atoms. The van der Waals surface area contributed by atoms with Gasteiger partial charge in [0, 0.05) is 12.8 Å². The van der Waals surface area contributed by atoms with E-state index in [9.17, 15) is 4.79 Å². The number of aromatic nitrogens is 6. The van der Waals surface area contributed by atoms with Gasteiger partial charge in [-0.1, -0.05) is 60.9 Å². The Morgan fingerprint density at radius 3 is 2.71 bits per heavy atom. The topological polar surface area (TPSA) is 98.5 Å². The maximum atomic E-state index is 12.7. The number of hydrogen-bond acceptors (Lipinski definition) is 7. The highest BCUT2D eigenvalue weighted by molar-refractivity contribution is 7.15. The van der Waals surface area contributed by atoms with Crippen LogP contribution in [0.4, 0.5) is 5.13 Å². The Labute approximate surface area is 167 Å².